The van der Waals surface area contributed by atoms with Gasteiger partial charge in [0, 0.05) is 13.1 Å². The molecule has 1 aliphatic heterocycles. The fourth-order valence-corrected chi connectivity index (χ4v) is 4.30. The highest BCUT2D eigenvalue weighted by atomic mass is 32.2. The molecule has 5 heteroatoms. The minimum absolute atomic E-state index is 0.137. The number of nitrogens with zero attached hydrogens (tertiary/aromatic N) is 1. The summed E-state index contributed by atoms with van der Waals surface area (Å²) in [6.07, 6.45) is 2.82. The molecule has 1 saturated heterocycles. The second kappa shape index (κ2) is 6.07. The van der Waals surface area contributed by atoms with Gasteiger partial charge in [-0.05, 0) is 54.9 Å². The summed E-state index contributed by atoms with van der Waals surface area (Å²) in [5.41, 5.74) is 1.79. The molecule has 1 N–H and O–H groups in total. The van der Waals surface area contributed by atoms with E-state index in [4.69, 9.17) is 0 Å². The quantitative estimate of drug-likeness (QED) is 0.933. The highest BCUT2D eigenvalue weighted by Crippen LogP contribution is 2.32. The Bertz CT molecular complexity index is 608. The topological polar surface area (TPSA) is 57.6 Å². The van der Waals surface area contributed by atoms with Crippen LogP contribution in [0.15, 0.2) is 23.1 Å². The van der Waals surface area contributed by atoms with Crippen LogP contribution in [0.3, 0.4) is 0 Å². The lowest BCUT2D eigenvalue weighted by Crippen LogP contribution is -2.32. The van der Waals surface area contributed by atoms with Crippen LogP contribution in [-0.2, 0) is 16.6 Å². The molecule has 118 valence electrons. The predicted molar refractivity (Wildman–Crippen MR) is 83.5 cm³/mol. The van der Waals surface area contributed by atoms with Crippen LogP contribution in [-0.4, -0.2) is 30.9 Å². The van der Waals surface area contributed by atoms with E-state index < -0.39 is 10.0 Å². The number of hydrogen-bond acceptors (Lipinski definition) is 3. The molecule has 1 aromatic carbocycles. The van der Waals surface area contributed by atoms with E-state index in [0.29, 0.717) is 18.7 Å². The number of aliphatic hydroxyl groups is 1. The van der Waals surface area contributed by atoms with Crippen LogP contribution in [0, 0.1) is 12.3 Å². The summed E-state index contributed by atoms with van der Waals surface area (Å²) in [6, 6.07) is 5.00. The van der Waals surface area contributed by atoms with Gasteiger partial charge in [-0.15, -0.1) is 0 Å². The number of aryl methyl sites for hydroxylation is 1. The number of aliphatic hydroxyl groups excluding tert-OH is 1. The zero-order valence-electron chi connectivity index (χ0n) is 13.1. The molecule has 0 radical (unpaired) electrons. The average Bonchev–Trinajstić information content (AvgIpc) is 2.60. The van der Waals surface area contributed by atoms with Crippen molar-refractivity contribution in [3.63, 3.8) is 0 Å². The van der Waals surface area contributed by atoms with Crippen LogP contribution in [0.4, 0.5) is 0 Å². The van der Waals surface area contributed by atoms with Gasteiger partial charge in [0.25, 0.3) is 0 Å². The third-order valence-electron chi connectivity index (χ3n) is 4.43. The van der Waals surface area contributed by atoms with Gasteiger partial charge in [-0.3, -0.25) is 0 Å². The van der Waals surface area contributed by atoms with Crippen molar-refractivity contribution in [3.8, 4) is 0 Å². The Morgan fingerprint density at radius 1 is 1.24 bits per heavy atom. The van der Waals surface area contributed by atoms with Crippen molar-refractivity contribution in [1.29, 1.82) is 0 Å². The predicted octanol–water partition coefficient (Wildman–Crippen LogP) is 2.69. The van der Waals surface area contributed by atoms with Crippen LogP contribution in [0.25, 0.3) is 0 Å². The molecule has 1 aromatic rings. The third kappa shape index (κ3) is 3.65. The maximum absolute atomic E-state index is 12.8. The van der Waals surface area contributed by atoms with Gasteiger partial charge in [-0.25, -0.2) is 8.42 Å². The highest BCUT2D eigenvalue weighted by molar-refractivity contribution is 7.89. The monoisotopic (exact) mass is 311 g/mol. The number of rotatable bonds is 3. The molecule has 1 fully saturated rings. The smallest absolute Gasteiger partial charge is 0.243 e. The number of sulfonamides is 1. The van der Waals surface area contributed by atoms with Gasteiger partial charge in [0.15, 0.2) is 0 Å². The van der Waals surface area contributed by atoms with E-state index in [2.05, 4.69) is 13.8 Å². The summed E-state index contributed by atoms with van der Waals surface area (Å²) in [5.74, 6) is 0. The lowest BCUT2D eigenvalue weighted by atomic mass is 9.85. The molecule has 4 nitrogen and oxygen atoms in total. The summed E-state index contributed by atoms with van der Waals surface area (Å²) in [6.45, 7) is 7.27. The van der Waals surface area contributed by atoms with E-state index in [0.717, 1.165) is 24.8 Å². The highest BCUT2D eigenvalue weighted by Gasteiger charge is 2.30. The molecule has 0 bridgehead atoms. The first-order valence-corrected chi connectivity index (χ1v) is 8.91. The van der Waals surface area contributed by atoms with E-state index in [1.807, 2.05) is 6.92 Å². The van der Waals surface area contributed by atoms with Gasteiger partial charge in [0.2, 0.25) is 10.0 Å². The summed E-state index contributed by atoms with van der Waals surface area (Å²) in [7, 11) is -3.46. The summed E-state index contributed by atoms with van der Waals surface area (Å²) in [5, 5.41) is 9.32. The molecular formula is C16H25NO3S. The van der Waals surface area contributed by atoms with Crippen molar-refractivity contribution >= 4 is 10.0 Å². The largest absolute Gasteiger partial charge is 0.392 e. The van der Waals surface area contributed by atoms with Crippen molar-refractivity contribution in [3.05, 3.63) is 29.3 Å². The van der Waals surface area contributed by atoms with E-state index in [-0.39, 0.29) is 16.9 Å². The maximum Gasteiger partial charge on any atom is 0.243 e. The fraction of sp³-hybridized carbons (Fsp3) is 0.625. The summed E-state index contributed by atoms with van der Waals surface area (Å²) < 4.78 is 27.1. The SMILES string of the molecule is Cc1ccc(S(=O)(=O)N2CCCC(C)(C)CC2)cc1CO. The van der Waals surface area contributed by atoms with E-state index in [1.165, 1.54) is 0 Å². The molecule has 0 aliphatic carbocycles. The molecule has 21 heavy (non-hydrogen) atoms. The van der Waals surface area contributed by atoms with Crippen molar-refractivity contribution < 1.29 is 13.5 Å². The Labute approximate surface area is 127 Å². The van der Waals surface area contributed by atoms with Crippen molar-refractivity contribution in [1.82, 2.24) is 4.31 Å². The first-order valence-electron chi connectivity index (χ1n) is 7.47. The fourth-order valence-electron chi connectivity index (χ4n) is 2.77. The van der Waals surface area contributed by atoms with Crippen LogP contribution >= 0.6 is 0 Å². The Kier molecular flexibility index (Phi) is 4.76. The second-order valence-corrected chi connectivity index (χ2v) is 8.61. The Morgan fingerprint density at radius 2 is 1.95 bits per heavy atom. The molecule has 1 heterocycles. The van der Waals surface area contributed by atoms with E-state index in [1.54, 1.807) is 22.5 Å². The number of hydrogen-bond donors (Lipinski definition) is 1. The normalized spacial score (nSPS) is 20.2. The maximum atomic E-state index is 12.8. The van der Waals surface area contributed by atoms with Crippen LogP contribution in [0.2, 0.25) is 0 Å². The molecule has 0 unspecified atom stereocenters. The Hall–Kier alpha value is -0.910. The van der Waals surface area contributed by atoms with Crippen molar-refractivity contribution in [2.75, 3.05) is 13.1 Å². The van der Waals surface area contributed by atoms with Crippen molar-refractivity contribution in [2.45, 2.75) is 51.5 Å². The van der Waals surface area contributed by atoms with Gasteiger partial charge in [0.1, 0.15) is 0 Å². The van der Waals surface area contributed by atoms with Crippen LogP contribution in [0.1, 0.15) is 44.2 Å². The summed E-state index contributed by atoms with van der Waals surface area (Å²) in [4.78, 5) is 0.289. The lowest BCUT2D eigenvalue weighted by molar-refractivity contribution is 0.280. The van der Waals surface area contributed by atoms with Gasteiger partial charge >= 0.3 is 0 Å². The molecule has 2 rings (SSSR count). The van der Waals surface area contributed by atoms with Crippen LogP contribution in [0.5, 0.6) is 0 Å². The third-order valence-corrected chi connectivity index (χ3v) is 6.32. The zero-order chi connectivity index (χ0) is 15.7. The molecular weight excluding hydrogens is 286 g/mol. The minimum atomic E-state index is -3.46. The van der Waals surface area contributed by atoms with Gasteiger partial charge in [-0.2, -0.15) is 4.31 Å². The van der Waals surface area contributed by atoms with Gasteiger partial charge in [0.05, 0.1) is 11.5 Å². The zero-order valence-corrected chi connectivity index (χ0v) is 13.9. The molecule has 1 aliphatic rings. The molecule has 0 saturated carbocycles. The minimum Gasteiger partial charge on any atom is -0.392 e. The van der Waals surface area contributed by atoms with Gasteiger partial charge < -0.3 is 5.11 Å². The first-order chi connectivity index (χ1) is 9.76. The standard InChI is InChI=1S/C16H25NO3S/c1-13-5-6-15(11-14(13)12-18)21(19,20)17-9-4-7-16(2,3)8-10-17/h5-6,11,18H,4,7-10,12H2,1-3H3. The number of benzene rings is 1. The van der Waals surface area contributed by atoms with Crippen molar-refractivity contribution in [2.24, 2.45) is 5.41 Å². The Morgan fingerprint density at radius 3 is 2.62 bits per heavy atom. The lowest BCUT2D eigenvalue weighted by Gasteiger charge is -2.23. The average molecular weight is 311 g/mol. The molecule has 0 spiro atoms. The summed E-state index contributed by atoms with van der Waals surface area (Å²) >= 11 is 0. The first kappa shape index (κ1) is 16.5. The Balaban J connectivity index is 2.29. The molecule has 0 aromatic heterocycles. The van der Waals surface area contributed by atoms with E-state index in [9.17, 15) is 13.5 Å². The molecule has 0 amide bonds. The van der Waals surface area contributed by atoms with E-state index >= 15 is 0 Å². The molecule has 0 atom stereocenters. The second-order valence-electron chi connectivity index (χ2n) is 6.67. The van der Waals surface area contributed by atoms with Crippen LogP contribution < -0.4 is 0 Å². The van der Waals surface area contributed by atoms with Gasteiger partial charge in [-0.1, -0.05) is 19.9 Å².